The molecule has 2 N–H and O–H groups in total. The lowest BCUT2D eigenvalue weighted by Gasteiger charge is -2.18. The summed E-state index contributed by atoms with van der Waals surface area (Å²) in [6.07, 6.45) is 1.81. The van der Waals surface area contributed by atoms with Crippen molar-refractivity contribution in [3.63, 3.8) is 0 Å². The number of ether oxygens (including phenoxy) is 1. The second-order valence-corrected chi connectivity index (χ2v) is 6.04. The highest BCUT2D eigenvalue weighted by atomic mass is 16.5. The van der Waals surface area contributed by atoms with Crippen molar-refractivity contribution in [3.8, 4) is 5.75 Å². The van der Waals surface area contributed by atoms with E-state index in [1.807, 2.05) is 37.4 Å². The Morgan fingerprint density at radius 3 is 2.59 bits per heavy atom. The third-order valence-corrected chi connectivity index (χ3v) is 3.67. The number of aryl methyl sites for hydroxylation is 1. The lowest BCUT2D eigenvalue weighted by Crippen LogP contribution is -2.29. The predicted molar refractivity (Wildman–Crippen MR) is 89.3 cm³/mol. The molecule has 0 aliphatic heterocycles. The Hall–Kier alpha value is -2.07. The fourth-order valence-corrected chi connectivity index (χ4v) is 2.59. The molecular weight excluding hydrogens is 276 g/mol. The van der Waals surface area contributed by atoms with Crippen molar-refractivity contribution in [3.05, 3.63) is 63.6 Å². The highest BCUT2D eigenvalue weighted by molar-refractivity contribution is 5.43. The van der Waals surface area contributed by atoms with Crippen LogP contribution in [-0.4, -0.2) is 11.7 Å². The quantitative estimate of drug-likeness (QED) is 0.923. The molecule has 0 saturated carbocycles. The van der Waals surface area contributed by atoms with Crippen LogP contribution in [0.1, 0.15) is 36.6 Å². The number of hydrogen-bond donors (Lipinski definition) is 1. The van der Waals surface area contributed by atoms with E-state index in [2.05, 4.69) is 13.8 Å². The van der Waals surface area contributed by atoms with Crippen molar-refractivity contribution in [2.45, 2.75) is 33.4 Å². The lowest BCUT2D eigenvalue weighted by molar-refractivity contribution is 0.407. The maximum Gasteiger partial charge on any atom is 0.255 e. The topological polar surface area (TPSA) is 57.2 Å². The van der Waals surface area contributed by atoms with E-state index in [9.17, 15) is 4.79 Å². The number of hydrogen-bond acceptors (Lipinski definition) is 3. The van der Waals surface area contributed by atoms with Gasteiger partial charge in [-0.05, 0) is 25.0 Å². The molecule has 4 nitrogen and oxygen atoms in total. The zero-order chi connectivity index (χ0) is 16.3. The molecule has 1 atom stereocenters. The number of benzene rings is 1. The summed E-state index contributed by atoms with van der Waals surface area (Å²) in [5, 5.41) is 0. The molecule has 1 unspecified atom stereocenters. The SMILES string of the molecule is COc1ccc(C)cc1C(N)c1cccn(CC(C)C)c1=O. The van der Waals surface area contributed by atoms with Crippen molar-refractivity contribution in [1.29, 1.82) is 0 Å². The Labute approximate surface area is 131 Å². The number of pyridine rings is 1. The van der Waals surface area contributed by atoms with Gasteiger partial charge in [0.2, 0.25) is 0 Å². The van der Waals surface area contributed by atoms with Gasteiger partial charge in [-0.3, -0.25) is 4.79 Å². The van der Waals surface area contributed by atoms with Gasteiger partial charge in [-0.1, -0.05) is 37.6 Å². The first-order valence-electron chi connectivity index (χ1n) is 7.53. The van der Waals surface area contributed by atoms with Crippen molar-refractivity contribution >= 4 is 0 Å². The lowest BCUT2D eigenvalue weighted by atomic mass is 9.98. The Bertz CT molecular complexity index is 704. The van der Waals surface area contributed by atoms with Crippen LogP contribution in [0.4, 0.5) is 0 Å². The standard InChI is InChI=1S/C18H24N2O2/c1-12(2)11-20-9-5-6-14(18(20)21)17(19)15-10-13(3)7-8-16(15)22-4/h5-10,12,17H,11,19H2,1-4H3. The largest absolute Gasteiger partial charge is 0.496 e. The van der Waals surface area contributed by atoms with Crippen LogP contribution in [0.15, 0.2) is 41.3 Å². The van der Waals surface area contributed by atoms with E-state index in [4.69, 9.17) is 10.5 Å². The fraction of sp³-hybridized carbons (Fsp3) is 0.389. The number of nitrogens with zero attached hydrogens (tertiary/aromatic N) is 1. The van der Waals surface area contributed by atoms with E-state index in [1.54, 1.807) is 17.7 Å². The zero-order valence-corrected chi connectivity index (χ0v) is 13.7. The fourth-order valence-electron chi connectivity index (χ4n) is 2.59. The molecule has 1 aromatic heterocycles. The van der Waals surface area contributed by atoms with Crippen LogP contribution in [0, 0.1) is 12.8 Å². The summed E-state index contributed by atoms with van der Waals surface area (Å²) in [5.74, 6) is 1.11. The molecule has 22 heavy (non-hydrogen) atoms. The first kappa shape index (κ1) is 16.3. The molecule has 0 fully saturated rings. The summed E-state index contributed by atoms with van der Waals surface area (Å²) >= 11 is 0. The molecule has 118 valence electrons. The number of rotatable bonds is 5. The summed E-state index contributed by atoms with van der Waals surface area (Å²) in [7, 11) is 1.61. The minimum atomic E-state index is -0.498. The van der Waals surface area contributed by atoms with Crippen LogP contribution in [0.5, 0.6) is 5.75 Å². The third kappa shape index (κ3) is 3.39. The van der Waals surface area contributed by atoms with Crippen LogP contribution in [0.3, 0.4) is 0 Å². The minimum absolute atomic E-state index is 0.0349. The average Bonchev–Trinajstić information content (AvgIpc) is 2.48. The van der Waals surface area contributed by atoms with E-state index in [0.717, 1.165) is 11.1 Å². The summed E-state index contributed by atoms with van der Waals surface area (Å²) < 4.78 is 7.11. The van der Waals surface area contributed by atoms with Crippen LogP contribution >= 0.6 is 0 Å². The Morgan fingerprint density at radius 2 is 1.95 bits per heavy atom. The van der Waals surface area contributed by atoms with Gasteiger partial charge in [0, 0.05) is 23.9 Å². The number of nitrogens with two attached hydrogens (primary N) is 1. The van der Waals surface area contributed by atoms with Crippen LogP contribution < -0.4 is 16.0 Å². The normalized spacial score (nSPS) is 12.5. The zero-order valence-electron chi connectivity index (χ0n) is 13.7. The summed E-state index contributed by atoms with van der Waals surface area (Å²) in [4.78, 5) is 12.6. The maximum absolute atomic E-state index is 12.6. The van der Waals surface area contributed by atoms with E-state index < -0.39 is 6.04 Å². The molecule has 0 spiro atoms. The van der Waals surface area contributed by atoms with E-state index in [0.29, 0.717) is 23.8 Å². The Balaban J connectivity index is 2.48. The molecule has 1 aromatic carbocycles. The molecule has 4 heteroatoms. The molecule has 0 amide bonds. The van der Waals surface area contributed by atoms with Gasteiger partial charge in [0.15, 0.2) is 0 Å². The van der Waals surface area contributed by atoms with Crippen LogP contribution in [0.2, 0.25) is 0 Å². The van der Waals surface area contributed by atoms with Crippen LogP contribution in [0.25, 0.3) is 0 Å². The monoisotopic (exact) mass is 300 g/mol. The third-order valence-electron chi connectivity index (χ3n) is 3.67. The molecule has 0 radical (unpaired) electrons. The van der Waals surface area contributed by atoms with Gasteiger partial charge in [0.1, 0.15) is 5.75 Å². The maximum atomic E-state index is 12.6. The molecule has 2 aromatic rings. The van der Waals surface area contributed by atoms with Crippen molar-refractivity contribution < 1.29 is 4.74 Å². The summed E-state index contributed by atoms with van der Waals surface area (Å²) in [5.41, 5.74) is 8.85. The van der Waals surface area contributed by atoms with Crippen molar-refractivity contribution in [2.75, 3.05) is 7.11 Å². The number of aromatic nitrogens is 1. The van der Waals surface area contributed by atoms with Crippen molar-refractivity contribution in [2.24, 2.45) is 11.7 Å². The Kier molecular flexibility index (Phi) is 5.03. The molecular formula is C18H24N2O2. The summed E-state index contributed by atoms with van der Waals surface area (Å²) in [6.45, 7) is 6.85. The number of methoxy groups -OCH3 is 1. The highest BCUT2D eigenvalue weighted by Crippen LogP contribution is 2.27. The molecule has 0 aliphatic carbocycles. The first-order chi connectivity index (χ1) is 10.4. The van der Waals surface area contributed by atoms with E-state index in [-0.39, 0.29) is 5.56 Å². The molecule has 0 aliphatic rings. The minimum Gasteiger partial charge on any atom is -0.496 e. The van der Waals surface area contributed by atoms with Gasteiger partial charge >= 0.3 is 0 Å². The smallest absolute Gasteiger partial charge is 0.255 e. The molecule has 2 rings (SSSR count). The molecule has 0 bridgehead atoms. The van der Waals surface area contributed by atoms with Gasteiger partial charge in [-0.25, -0.2) is 0 Å². The predicted octanol–water partition coefficient (Wildman–Crippen LogP) is 2.87. The van der Waals surface area contributed by atoms with Crippen LogP contribution in [-0.2, 0) is 6.54 Å². The van der Waals surface area contributed by atoms with Gasteiger partial charge < -0.3 is 15.0 Å². The van der Waals surface area contributed by atoms with E-state index >= 15 is 0 Å². The van der Waals surface area contributed by atoms with Gasteiger partial charge in [0.25, 0.3) is 5.56 Å². The second-order valence-electron chi connectivity index (χ2n) is 6.04. The first-order valence-corrected chi connectivity index (χ1v) is 7.53. The Morgan fingerprint density at radius 1 is 1.23 bits per heavy atom. The van der Waals surface area contributed by atoms with Gasteiger partial charge in [-0.15, -0.1) is 0 Å². The average molecular weight is 300 g/mol. The summed E-state index contributed by atoms with van der Waals surface area (Å²) in [6, 6.07) is 9.01. The van der Waals surface area contributed by atoms with Gasteiger partial charge in [-0.2, -0.15) is 0 Å². The molecule has 1 heterocycles. The molecule has 0 saturated heterocycles. The highest BCUT2D eigenvalue weighted by Gasteiger charge is 2.18. The van der Waals surface area contributed by atoms with Gasteiger partial charge in [0.05, 0.1) is 13.2 Å². The second kappa shape index (κ2) is 6.79. The van der Waals surface area contributed by atoms with Crippen molar-refractivity contribution in [1.82, 2.24) is 4.57 Å². The van der Waals surface area contributed by atoms with E-state index in [1.165, 1.54) is 0 Å².